The van der Waals surface area contributed by atoms with Gasteiger partial charge in [0.05, 0.1) is 6.42 Å². The maximum atomic E-state index is 11.8. The Morgan fingerprint density at radius 1 is 1.39 bits per heavy atom. The van der Waals surface area contributed by atoms with Gasteiger partial charge in [-0.25, -0.2) is 0 Å². The lowest BCUT2D eigenvalue weighted by Gasteiger charge is -2.03. The monoisotopic (exact) mass is 262 g/mol. The molecule has 0 aliphatic rings. The summed E-state index contributed by atoms with van der Waals surface area (Å²) >= 11 is 1.80. The molecule has 0 aliphatic heterocycles. The zero-order valence-corrected chi connectivity index (χ0v) is 11.3. The standard InChI is InChI=1S/C14H18N2OS/c1-18-8-4-7-15-14(17)9-11-10-16-13-6-3-2-5-12(11)13/h2-3,5-6,10,16H,4,7-9H2,1H3,(H,15,17). The summed E-state index contributed by atoms with van der Waals surface area (Å²) in [5.41, 5.74) is 2.15. The first-order valence-electron chi connectivity index (χ1n) is 6.12. The van der Waals surface area contributed by atoms with E-state index in [1.807, 2.05) is 30.5 Å². The largest absolute Gasteiger partial charge is 0.361 e. The normalized spacial score (nSPS) is 10.7. The number of rotatable bonds is 6. The van der Waals surface area contributed by atoms with E-state index in [0.29, 0.717) is 6.42 Å². The maximum absolute atomic E-state index is 11.8. The van der Waals surface area contributed by atoms with Gasteiger partial charge in [-0.1, -0.05) is 18.2 Å². The first-order chi connectivity index (χ1) is 8.81. The third-order valence-corrected chi connectivity index (χ3v) is 3.57. The highest BCUT2D eigenvalue weighted by molar-refractivity contribution is 7.98. The van der Waals surface area contributed by atoms with Crippen LogP contribution < -0.4 is 5.32 Å². The number of hydrogen-bond acceptors (Lipinski definition) is 2. The molecule has 0 aliphatic carbocycles. The minimum atomic E-state index is 0.0980. The van der Waals surface area contributed by atoms with Crippen molar-refractivity contribution in [3.63, 3.8) is 0 Å². The number of para-hydroxylation sites is 1. The third kappa shape index (κ3) is 3.29. The van der Waals surface area contributed by atoms with Crippen molar-refractivity contribution in [2.45, 2.75) is 12.8 Å². The molecule has 3 nitrogen and oxygen atoms in total. The molecule has 1 aromatic heterocycles. The Hall–Kier alpha value is -1.42. The molecule has 18 heavy (non-hydrogen) atoms. The molecule has 0 fully saturated rings. The van der Waals surface area contributed by atoms with Crippen LogP contribution in [0.1, 0.15) is 12.0 Å². The van der Waals surface area contributed by atoms with Crippen LogP contribution in [-0.2, 0) is 11.2 Å². The highest BCUT2D eigenvalue weighted by Gasteiger charge is 2.07. The molecule has 4 heteroatoms. The van der Waals surface area contributed by atoms with Crippen molar-refractivity contribution in [1.82, 2.24) is 10.3 Å². The smallest absolute Gasteiger partial charge is 0.224 e. The van der Waals surface area contributed by atoms with E-state index in [2.05, 4.69) is 16.6 Å². The van der Waals surface area contributed by atoms with Crippen LogP contribution in [0.3, 0.4) is 0 Å². The molecule has 0 radical (unpaired) electrons. The van der Waals surface area contributed by atoms with Crippen molar-refractivity contribution in [1.29, 1.82) is 0 Å². The second-order valence-electron chi connectivity index (χ2n) is 4.23. The summed E-state index contributed by atoms with van der Waals surface area (Å²) in [6.45, 7) is 0.766. The Labute approximate surface area is 111 Å². The minimum Gasteiger partial charge on any atom is -0.361 e. The van der Waals surface area contributed by atoms with Gasteiger partial charge in [-0.05, 0) is 30.1 Å². The molecule has 0 unspecified atom stereocenters. The lowest BCUT2D eigenvalue weighted by atomic mass is 10.1. The van der Waals surface area contributed by atoms with E-state index in [4.69, 9.17) is 0 Å². The predicted molar refractivity (Wildman–Crippen MR) is 78.0 cm³/mol. The van der Waals surface area contributed by atoms with Crippen LogP contribution in [0.4, 0.5) is 0 Å². The molecule has 1 amide bonds. The zero-order valence-electron chi connectivity index (χ0n) is 10.5. The van der Waals surface area contributed by atoms with Gasteiger partial charge in [0.2, 0.25) is 5.91 Å². The number of carbonyl (C=O) groups is 1. The van der Waals surface area contributed by atoms with Gasteiger partial charge >= 0.3 is 0 Å². The van der Waals surface area contributed by atoms with Crippen LogP contribution in [0.2, 0.25) is 0 Å². The van der Waals surface area contributed by atoms with Crippen molar-refractivity contribution >= 4 is 28.6 Å². The summed E-state index contributed by atoms with van der Waals surface area (Å²) in [6.07, 6.45) is 5.48. The first-order valence-corrected chi connectivity index (χ1v) is 7.51. The molecule has 1 aromatic carbocycles. The SMILES string of the molecule is CSCCCNC(=O)Cc1c[nH]c2ccccc12. The van der Waals surface area contributed by atoms with Gasteiger partial charge in [0.25, 0.3) is 0 Å². The molecule has 2 N–H and O–H groups in total. The van der Waals surface area contributed by atoms with Crippen molar-refractivity contribution in [3.05, 3.63) is 36.0 Å². The highest BCUT2D eigenvalue weighted by Crippen LogP contribution is 2.17. The third-order valence-electron chi connectivity index (χ3n) is 2.87. The van der Waals surface area contributed by atoms with Crippen LogP contribution >= 0.6 is 11.8 Å². The summed E-state index contributed by atoms with van der Waals surface area (Å²) in [4.78, 5) is 15.0. The second kappa shape index (κ2) is 6.50. The first kappa shape index (κ1) is 13.0. The lowest BCUT2D eigenvalue weighted by Crippen LogP contribution is -2.26. The van der Waals surface area contributed by atoms with Gasteiger partial charge in [-0.2, -0.15) is 11.8 Å². The van der Waals surface area contributed by atoms with E-state index >= 15 is 0 Å². The van der Waals surface area contributed by atoms with E-state index in [-0.39, 0.29) is 5.91 Å². The van der Waals surface area contributed by atoms with E-state index in [9.17, 15) is 4.79 Å². The van der Waals surface area contributed by atoms with Crippen molar-refractivity contribution in [3.8, 4) is 0 Å². The summed E-state index contributed by atoms with van der Waals surface area (Å²) in [7, 11) is 0. The Kier molecular flexibility index (Phi) is 4.70. The van der Waals surface area contributed by atoms with E-state index in [1.165, 1.54) is 0 Å². The molecule has 0 saturated carbocycles. The predicted octanol–water partition coefficient (Wildman–Crippen LogP) is 2.58. The quantitative estimate of drug-likeness (QED) is 0.786. The maximum Gasteiger partial charge on any atom is 0.224 e. The number of thioether (sulfide) groups is 1. The molecule has 0 atom stereocenters. The second-order valence-corrected chi connectivity index (χ2v) is 5.22. The van der Waals surface area contributed by atoms with Crippen LogP contribution in [0.15, 0.2) is 30.5 Å². The summed E-state index contributed by atoms with van der Waals surface area (Å²) in [5.74, 6) is 1.19. The molecule has 96 valence electrons. The fraction of sp³-hybridized carbons (Fsp3) is 0.357. The van der Waals surface area contributed by atoms with Crippen LogP contribution in [0.25, 0.3) is 10.9 Å². The fourth-order valence-electron chi connectivity index (χ4n) is 1.96. The number of nitrogens with one attached hydrogen (secondary N) is 2. The minimum absolute atomic E-state index is 0.0980. The fourth-order valence-corrected chi connectivity index (χ4v) is 2.39. The van der Waals surface area contributed by atoms with E-state index < -0.39 is 0 Å². The average Bonchev–Trinajstić information content (AvgIpc) is 2.78. The number of aromatic amines is 1. The topological polar surface area (TPSA) is 44.9 Å². The van der Waals surface area contributed by atoms with Gasteiger partial charge in [0.1, 0.15) is 0 Å². The summed E-state index contributed by atoms with van der Waals surface area (Å²) in [6, 6.07) is 8.05. The number of aromatic nitrogens is 1. The molecule has 0 saturated heterocycles. The number of amides is 1. The van der Waals surface area contributed by atoms with Crippen LogP contribution in [0.5, 0.6) is 0 Å². The number of H-pyrrole nitrogens is 1. The lowest BCUT2D eigenvalue weighted by molar-refractivity contribution is -0.120. The van der Waals surface area contributed by atoms with E-state index in [1.54, 1.807) is 11.8 Å². The van der Waals surface area contributed by atoms with Crippen LogP contribution in [-0.4, -0.2) is 29.4 Å². The van der Waals surface area contributed by atoms with Gasteiger partial charge in [0, 0.05) is 23.6 Å². The highest BCUT2D eigenvalue weighted by atomic mass is 32.2. The van der Waals surface area contributed by atoms with Gasteiger partial charge in [-0.3, -0.25) is 4.79 Å². The molecular weight excluding hydrogens is 244 g/mol. The Balaban J connectivity index is 1.91. The van der Waals surface area contributed by atoms with Gasteiger partial charge in [-0.15, -0.1) is 0 Å². The Bertz CT molecular complexity index is 521. The van der Waals surface area contributed by atoms with Crippen molar-refractivity contribution in [2.24, 2.45) is 0 Å². The van der Waals surface area contributed by atoms with Gasteiger partial charge < -0.3 is 10.3 Å². The molecule has 0 bridgehead atoms. The zero-order chi connectivity index (χ0) is 12.8. The number of fused-ring (bicyclic) bond motifs is 1. The number of carbonyl (C=O) groups excluding carboxylic acids is 1. The Morgan fingerprint density at radius 2 is 2.22 bits per heavy atom. The molecular formula is C14H18N2OS. The molecule has 2 aromatic rings. The molecule has 2 rings (SSSR count). The van der Waals surface area contributed by atoms with Gasteiger partial charge in [0.15, 0.2) is 0 Å². The summed E-state index contributed by atoms with van der Waals surface area (Å²) < 4.78 is 0. The van der Waals surface area contributed by atoms with E-state index in [0.717, 1.165) is 35.2 Å². The number of hydrogen-bond donors (Lipinski definition) is 2. The summed E-state index contributed by atoms with van der Waals surface area (Å²) in [5, 5.41) is 4.09. The molecule has 0 spiro atoms. The number of benzene rings is 1. The molecule has 1 heterocycles. The van der Waals surface area contributed by atoms with Crippen LogP contribution in [0, 0.1) is 0 Å². The van der Waals surface area contributed by atoms with Crippen molar-refractivity contribution < 1.29 is 4.79 Å². The average molecular weight is 262 g/mol. The Morgan fingerprint density at radius 3 is 3.06 bits per heavy atom. The van der Waals surface area contributed by atoms with Crippen molar-refractivity contribution in [2.75, 3.05) is 18.6 Å².